The predicted octanol–water partition coefficient (Wildman–Crippen LogP) is 3.87. The first kappa shape index (κ1) is 15.8. The highest BCUT2D eigenvalue weighted by atomic mass is 35.5. The van der Waals surface area contributed by atoms with E-state index in [4.69, 9.17) is 11.6 Å². The first-order valence-electron chi connectivity index (χ1n) is 7.71. The molecule has 1 aliphatic carbocycles. The number of nitrogens with zero attached hydrogens (tertiary/aromatic N) is 1. The molecule has 0 atom stereocenters. The smallest absolute Gasteiger partial charge is 0.206 e. The zero-order valence-corrected chi connectivity index (χ0v) is 14.6. The molecule has 1 aromatic heterocycles. The molecule has 2 fully saturated rings. The van der Waals surface area contributed by atoms with Crippen LogP contribution in [-0.4, -0.2) is 31.7 Å². The first-order valence-corrected chi connectivity index (χ1v) is 10.5. The standard InChI is InChI=1S/C15H22ClNO2S2/c16-10-5-13-3-4-14(20-13)21(18,19)17-11-8-15(9-12-17)6-1-2-7-15/h3-4H,1-2,5-12H2. The molecule has 21 heavy (non-hydrogen) atoms. The number of alkyl halides is 1. The molecule has 6 heteroatoms. The van der Waals surface area contributed by atoms with E-state index in [1.165, 1.54) is 37.0 Å². The summed E-state index contributed by atoms with van der Waals surface area (Å²) in [5.41, 5.74) is 0.450. The third-order valence-corrected chi connectivity index (χ3v) is 8.72. The Morgan fingerprint density at radius 3 is 2.43 bits per heavy atom. The lowest BCUT2D eigenvalue weighted by molar-refractivity contribution is 0.160. The van der Waals surface area contributed by atoms with E-state index < -0.39 is 10.0 Å². The highest BCUT2D eigenvalue weighted by Gasteiger charge is 2.40. The van der Waals surface area contributed by atoms with E-state index >= 15 is 0 Å². The van der Waals surface area contributed by atoms with Crippen LogP contribution in [0.5, 0.6) is 0 Å². The molecule has 3 rings (SSSR count). The number of hydrogen-bond donors (Lipinski definition) is 0. The third-order valence-electron chi connectivity index (χ3n) is 5.02. The van der Waals surface area contributed by atoms with E-state index in [0.717, 1.165) is 24.1 Å². The Kier molecular flexibility index (Phi) is 4.65. The zero-order valence-electron chi connectivity index (χ0n) is 12.2. The van der Waals surface area contributed by atoms with E-state index in [1.807, 2.05) is 6.07 Å². The summed E-state index contributed by atoms with van der Waals surface area (Å²) in [7, 11) is -3.30. The number of thiophene rings is 1. The highest BCUT2D eigenvalue weighted by Crippen LogP contribution is 2.46. The van der Waals surface area contributed by atoms with Crippen LogP contribution in [0.2, 0.25) is 0 Å². The van der Waals surface area contributed by atoms with Crippen LogP contribution in [0.25, 0.3) is 0 Å². The van der Waals surface area contributed by atoms with Gasteiger partial charge in [0.1, 0.15) is 4.21 Å². The Labute approximate surface area is 136 Å². The molecular weight excluding hydrogens is 326 g/mol. The summed E-state index contributed by atoms with van der Waals surface area (Å²) in [6.45, 7) is 1.37. The van der Waals surface area contributed by atoms with Gasteiger partial charge in [0, 0.05) is 23.8 Å². The number of halogens is 1. The molecule has 0 N–H and O–H groups in total. The molecule has 1 spiro atoms. The van der Waals surface area contributed by atoms with E-state index in [1.54, 1.807) is 10.4 Å². The van der Waals surface area contributed by atoms with Crippen molar-refractivity contribution in [1.29, 1.82) is 0 Å². The van der Waals surface area contributed by atoms with Crippen molar-refractivity contribution in [3.05, 3.63) is 17.0 Å². The molecule has 2 heterocycles. The average molecular weight is 348 g/mol. The van der Waals surface area contributed by atoms with Crippen LogP contribution < -0.4 is 0 Å². The normalized spacial score (nSPS) is 22.9. The minimum absolute atomic E-state index is 0.450. The third kappa shape index (κ3) is 3.16. The Morgan fingerprint density at radius 2 is 1.81 bits per heavy atom. The molecule has 1 saturated heterocycles. The van der Waals surface area contributed by atoms with Crippen molar-refractivity contribution in [1.82, 2.24) is 4.31 Å². The number of aryl methyl sites for hydroxylation is 1. The van der Waals surface area contributed by atoms with E-state index in [-0.39, 0.29) is 0 Å². The van der Waals surface area contributed by atoms with Crippen LogP contribution in [-0.2, 0) is 16.4 Å². The number of rotatable bonds is 4. The molecule has 1 aliphatic heterocycles. The van der Waals surface area contributed by atoms with E-state index in [9.17, 15) is 8.42 Å². The average Bonchev–Trinajstić information content (AvgIpc) is 3.10. The zero-order chi connectivity index (χ0) is 14.9. The van der Waals surface area contributed by atoms with Gasteiger partial charge in [-0.25, -0.2) is 8.42 Å². The van der Waals surface area contributed by atoms with Gasteiger partial charge in [0.15, 0.2) is 0 Å². The van der Waals surface area contributed by atoms with E-state index in [0.29, 0.717) is 28.6 Å². The monoisotopic (exact) mass is 347 g/mol. The van der Waals surface area contributed by atoms with Crippen molar-refractivity contribution in [3.8, 4) is 0 Å². The molecule has 118 valence electrons. The number of hydrogen-bond acceptors (Lipinski definition) is 3. The summed E-state index contributed by atoms with van der Waals surface area (Å²) in [4.78, 5) is 1.05. The Balaban J connectivity index is 1.70. The van der Waals surface area contributed by atoms with Crippen LogP contribution >= 0.6 is 22.9 Å². The summed E-state index contributed by atoms with van der Waals surface area (Å²) in [6.07, 6.45) is 8.03. The summed E-state index contributed by atoms with van der Waals surface area (Å²) in [5, 5.41) is 0. The van der Waals surface area contributed by atoms with Gasteiger partial charge in [-0.3, -0.25) is 0 Å². The predicted molar refractivity (Wildman–Crippen MR) is 87.6 cm³/mol. The SMILES string of the molecule is O=S(=O)(c1ccc(CCCl)s1)N1CCC2(CCCC2)CC1. The van der Waals surface area contributed by atoms with Gasteiger partial charge in [-0.15, -0.1) is 22.9 Å². The summed E-state index contributed by atoms with van der Waals surface area (Å²) in [5.74, 6) is 0.534. The Bertz CT molecular complexity index is 581. The molecule has 0 amide bonds. The minimum Gasteiger partial charge on any atom is -0.206 e. The maximum Gasteiger partial charge on any atom is 0.252 e. The summed E-state index contributed by atoms with van der Waals surface area (Å²) < 4.78 is 27.6. The Hall–Kier alpha value is -0.100. The first-order chi connectivity index (χ1) is 10.1. The highest BCUT2D eigenvalue weighted by molar-refractivity contribution is 7.91. The second-order valence-electron chi connectivity index (χ2n) is 6.27. The van der Waals surface area contributed by atoms with Crippen molar-refractivity contribution >= 4 is 33.0 Å². The maximum absolute atomic E-state index is 12.7. The molecule has 1 saturated carbocycles. The van der Waals surface area contributed by atoms with Crippen molar-refractivity contribution in [2.75, 3.05) is 19.0 Å². The molecule has 1 aromatic rings. The molecule has 3 nitrogen and oxygen atoms in total. The van der Waals surface area contributed by atoms with Crippen LogP contribution in [0.15, 0.2) is 16.3 Å². The molecular formula is C15H22ClNO2S2. The summed E-state index contributed by atoms with van der Waals surface area (Å²) >= 11 is 7.09. The second-order valence-corrected chi connectivity index (χ2v) is 9.98. The topological polar surface area (TPSA) is 37.4 Å². The summed E-state index contributed by atoms with van der Waals surface area (Å²) in [6, 6.07) is 3.63. The maximum atomic E-state index is 12.7. The van der Waals surface area contributed by atoms with Crippen molar-refractivity contribution in [2.45, 2.75) is 49.2 Å². The van der Waals surface area contributed by atoms with Gasteiger partial charge < -0.3 is 0 Å². The van der Waals surface area contributed by atoms with Gasteiger partial charge in [0.05, 0.1) is 0 Å². The van der Waals surface area contributed by atoms with Gasteiger partial charge in [0.25, 0.3) is 10.0 Å². The largest absolute Gasteiger partial charge is 0.252 e. The lowest BCUT2D eigenvalue weighted by Crippen LogP contribution is -2.41. The van der Waals surface area contributed by atoms with Crippen LogP contribution in [0, 0.1) is 5.41 Å². The van der Waals surface area contributed by atoms with Gasteiger partial charge in [-0.2, -0.15) is 4.31 Å². The van der Waals surface area contributed by atoms with Crippen molar-refractivity contribution < 1.29 is 8.42 Å². The van der Waals surface area contributed by atoms with Gasteiger partial charge in [0.2, 0.25) is 0 Å². The lowest BCUT2D eigenvalue weighted by atomic mass is 9.78. The lowest BCUT2D eigenvalue weighted by Gasteiger charge is -2.38. The number of piperidine rings is 1. The van der Waals surface area contributed by atoms with Crippen LogP contribution in [0.3, 0.4) is 0 Å². The molecule has 0 bridgehead atoms. The fraction of sp³-hybridized carbons (Fsp3) is 0.733. The molecule has 2 aliphatic rings. The molecule has 0 radical (unpaired) electrons. The van der Waals surface area contributed by atoms with Crippen molar-refractivity contribution in [2.24, 2.45) is 5.41 Å². The van der Waals surface area contributed by atoms with Gasteiger partial charge >= 0.3 is 0 Å². The quantitative estimate of drug-likeness (QED) is 0.775. The fourth-order valence-corrected chi connectivity index (χ4v) is 6.94. The molecule has 0 unspecified atom stereocenters. The van der Waals surface area contributed by atoms with Crippen LogP contribution in [0.1, 0.15) is 43.4 Å². The fourth-order valence-electron chi connectivity index (χ4n) is 3.68. The van der Waals surface area contributed by atoms with E-state index in [2.05, 4.69) is 0 Å². The van der Waals surface area contributed by atoms with Crippen LogP contribution in [0.4, 0.5) is 0 Å². The second kappa shape index (κ2) is 6.19. The van der Waals surface area contributed by atoms with Crippen molar-refractivity contribution in [3.63, 3.8) is 0 Å². The number of sulfonamides is 1. The Morgan fingerprint density at radius 1 is 1.14 bits per heavy atom. The van der Waals surface area contributed by atoms with Gasteiger partial charge in [-0.1, -0.05) is 12.8 Å². The molecule has 0 aromatic carbocycles. The van der Waals surface area contributed by atoms with Gasteiger partial charge in [-0.05, 0) is 49.7 Å². The minimum atomic E-state index is -3.30.